The van der Waals surface area contributed by atoms with E-state index in [4.69, 9.17) is 10.6 Å². The molecular formula is C14H15BrFN3O. The number of aromatic nitrogens is 1. The normalized spacial score (nSPS) is 12.2. The van der Waals surface area contributed by atoms with Gasteiger partial charge in [-0.3, -0.25) is 16.3 Å². The third-order valence-electron chi connectivity index (χ3n) is 2.96. The van der Waals surface area contributed by atoms with Crippen molar-refractivity contribution in [3.63, 3.8) is 0 Å². The second kappa shape index (κ2) is 6.78. The Kier molecular flexibility index (Phi) is 5.05. The number of pyridine rings is 1. The molecule has 0 radical (unpaired) electrons. The van der Waals surface area contributed by atoms with E-state index < -0.39 is 0 Å². The Morgan fingerprint density at radius 2 is 2.20 bits per heavy atom. The molecule has 4 nitrogen and oxygen atoms in total. The molecule has 0 spiro atoms. The van der Waals surface area contributed by atoms with E-state index in [-0.39, 0.29) is 11.9 Å². The van der Waals surface area contributed by atoms with E-state index in [0.717, 1.165) is 15.8 Å². The number of hydrogen-bond acceptors (Lipinski definition) is 4. The van der Waals surface area contributed by atoms with Gasteiger partial charge in [0.05, 0.1) is 29.5 Å². The fourth-order valence-electron chi connectivity index (χ4n) is 1.91. The molecule has 1 aromatic carbocycles. The average Bonchev–Trinajstić information content (AvgIpc) is 2.46. The number of hydrogen-bond donors (Lipinski definition) is 2. The van der Waals surface area contributed by atoms with Gasteiger partial charge >= 0.3 is 0 Å². The van der Waals surface area contributed by atoms with Crippen molar-refractivity contribution >= 4 is 15.9 Å². The van der Waals surface area contributed by atoms with Gasteiger partial charge in [0, 0.05) is 0 Å². The zero-order valence-electron chi connectivity index (χ0n) is 10.9. The van der Waals surface area contributed by atoms with Crippen molar-refractivity contribution in [2.75, 3.05) is 7.11 Å². The first-order valence-electron chi connectivity index (χ1n) is 6.04. The Balaban J connectivity index is 2.17. The zero-order valence-corrected chi connectivity index (χ0v) is 12.5. The first-order valence-corrected chi connectivity index (χ1v) is 6.83. The molecule has 1 aromatic heterocycles. The molecule has 0 bridgehead atoms. The summed E-state index contributed by atoms with van der Waals surface area (Å²) in [5.74, 6) is 5.97. The highest BCUT2D eigenvalue weighted by Gasteiger charge is 2.13. The Morgan fingerprint density at radius 3 is 2.75 bits per heavy atom. The van der Waals surface area contributed by atoms with Crippen molar-refractivity contribution in [3.8, 4) is 5.75 Å². The molecule has 0 aliphatic rings. The fraction of sp³-hybridized carbons (Fsp3) is 0.214. The average molecular weight is 340 g/mol. The lowest BCUT2D eigenvalue weighted by atomic mass is 10.0. The van der Waals surface area contributed by atoms with E-state index in [2.05, 4.69) is 26.3 Å². The number of hydrazine groups is 1. The molecule has 106 valence electrons. The number of nitrogens with one attached hydrogen (secondary N) is 1. The first-order chi connectivity index (χ1) is 9.63. The van der Waals surface area contributed by atoms with Crippen molar-refractivity contribution in [2.24, 2.45) is 5.84 Å². The first kappa shape index (κ1) is 14.9. The molecule has 1 heterocycles. The van der Waals surface area contributed by atoms with Crippen LogP contribution in [0.25, 0.3) is 0 Å². The number of nitrogens with zero attached hydrogens (tertiary/aromatic N) is 1. The predicted octanol–water partition coefficient (Wildman–Crippen LogP) is 2.74. The Morgan fingerprint density at radius 1 is 1.40 bits per heavy atom. The highest BCUT2D eigenvalue weighted by molar-refractivity contribution is 9.10. The fourth-order valence-corrected chi connectivity index (χ4v) is 2.50. The Hall–Kier alpha value is -1.50. The lowest BCUT2D eigenvalue weighted by molar-refractivity contribution is 0.412. The standard InChI is InChI=1S/C14H15BrFN3O/c1-20-14-5-2-9(6-11(14)15)7-13(19-17)12-4-3-10(16)8-18-12/h2-6,8,13,19H,7,17H2,1H3. The molecule has 2 rings (SSSR count). The monoisotopic (exact) mass is 339 g/mol. The van der Waals surface area contributed by atoms with Gasteiger partial charge in [-0.2, -0.15) is 0 Å². The largest absolute Gasteiger partial charge is 0.496 e. The molecule has 1 atom stereocenters. The number of ether oxygens (including phenoxy) is 1. The summed E-state index contributed by atoms with van der Waals surface area (Å²) in [6, 6.07) is 8.61. The molecule has 6 heteroatoms. The number of rotatable bonds is 5. The summed E-state index contributed by atoms with van der Waals surface area (Å²) in [6.07, 6.45) is 1.82. The van der Waals surface area contributed by atoms with Crippen LogP contribution >= 0.6 is 15.9 Å². The predicted molar refractivity (Wildman–Crippen MR) is 78.7 cm³/mol. The molecule has 3 N–H and O–H groups in total. The maximum atomic E-state index is 12.9. The minimum Gasteiger partial charge on any atom is -0.496 e. The summed E-state index contributed by atoms with van der Waals surface area (Å²) in [5, 5.41) is 0. The molecule has 0 amide bonds. The van der Waals surface area contributed by atoms with Crippen LogP contribution in [0.4, 0.5) is 4.39 Å². The summed E-state index contributed by atoms with van der Waals surface area (Å²) < 4.78 is 18.9. The smallest absolute Gasteiger partial charge is 0.141 e. The number of halogens is 2. The molecular weight excluding hydrogens is 325 g/mol. The summed E-state index contributed by atoms with van der Waals surface area (Å²) in [5.41, 5.74) is 4.46. The summed E-state index contributed by atoms with van der Waals surface area (Å²) in [6.45, 7) is 0. The zero-order chi connectivity index (χ0) is 14.5. The van der Waals surface area contributed by atoms with Crippen molar-refractivity contribution in [1.29, 1.82) is 0 Å². The second-order valence-corrected chi connectivity index (χ2v) is 5.15. The van der Waals surface area contributed by atoms with E-state index in [9.17, 15) is 4.39 Å². The van der Waals surface area contributed by atoms with E-state index in [1.165, 1.54) is 12.3 Å². The summed E-state index contributed by atoms with van der Waals surface area (Å²) in [4.78, 5) is 4.05. The van der Waals surface area contributed by atoms with Crippen LogP contribution in [-0.4, -0.2) is 12.1 Å². The van der Waals surface area contributed by atoms with Gasteiger partial charge in [0.25, 0.3) is 0 Å². The molecule has 2 aromatic rings. The number of benzene rings is 1. The third-order valence-corrected chi connectivity index (χ3v) is 3.58. The van der Waals surface area contributed by atoms with Gasteiger partial charge in [0.1, 0.15) is 11.6 Å². The maximum absolute atomic E-state index is 12.9. The van der Waals surface area contributed by atoms with Crippen LogP contribution < -0.4 is 16.0 Å². The number of methoxy groups -OCH3 is 1. The third kappa shape index (κ3) is 3.53. The maximum Gasteiger partial charge on any atom is 0.141 e. The SMILES string of the molecule is COc1ccc(CC(NN)c2ccc(F)cn2)cc1Br. The minimum absolute atomic E-state index is 0.184. The van der Waals surface area contributed by atoms with Crippen molar-refractivity contribution in [1.82, 2.24) is 10.4 Å². The van der Waals surface area contributed by atoms with Gasteiger partial charge in [-0.25, -0.2) is 4.39 Å². The quantitative estimate of drug-likeness (QED) is 0.649. The van der Waals surface area contributed by atoms with E-state index in [0.29, 0.717) is 12.1 Å². The van der Waals surface area contributed by atoms with Gasteiger partial charge in [-0.05, 0) is 52.2 Å². The van der Waals surface area contributed by atoms with Gasteiger partial charge in [-0.15, -0.1) is 0 Å². The van der Waals surface area contributed by atoms with Gasteiger partial charge in [0.2, 0.25) is 0 Å². The Bertz CT molecular complexity index is 577. The highest BCUT2D eigenvalue weighted by Crippen LogP contribution is 2.27. The minimum atomic E-state index is -0.364. The van der Waals surface area contributed by atoms with Crippen LogP contribution in [0.15, 0.2) is 41.0 Å². The Labute approximate surface area is 125 Å². The topological polar surface area (TPSA) is 60.2 Å². The van der Waals surface area contributed by atoms with Crippen molar-refractivity contribution in [2.45, 2.75) is 12.5 Å². The lowest BCUT2D eigenvalue weighted by Crippen LogP contribution is -2.30. The number of nitrogens with two attached hydrogens (primary N) is 1. The lowest BCUT2D eigenvalue weighted by Gasteiger charge is -2.16. The van der Waals surface area contributed by atoms with Crippen LogP contribution in [0.2, 0.25) is 0 Å². The van der Waals surface area contributed by atoms with E-state index in [1.54, 1.807) is 13.2 Å². The van der Waals surface area contributed by atoms with Crippen LogP contribution in [0.5, 0.6) is 5.75 Å². The van der Waals surface area contributed by atoms with Gasteiger partial charge in [0.15, 0.2) is 0 Å². The molecule has 0 fully saturated rings. The van der Waals surface area contributed by atoms with Gasteiger partial charge in [-0.1, -0.05) is 6.07 Å². The molecule has 20 heavy (non-hydrogen) atoms. The molecule has 0 aliphatic carbocycles. The van der Waals surface area contributed by atoms with Crippen molar-refractivity contribution in [3.05, 3.63) is 58.1 Å². The van der Waals surface area contributed by atoms with Gasteiger partial charge < -0.3 is 4.74 Å². The molecule has 0 aliphatic heterocycles. The molecule has 0 saturated heterocycles. The highest BCUT2D eigenvalue weighted by atomic mass is 79.9. The molecule has 1 unspecified atom stereocenters. The molecule has 0 saturated carbocycles. The summed E-state index contributed by atoms with van der Waals surface area (Å²) >= 11 is 3.44. The van der Waals surface area contributed by atoms with Crippen LogP contribution in [-0.2, 0) is 6.42 Å². The second-order valence-electron chi connectivity index (χ2n) is 4.29. The van der Waals surface area contributed by atoms with Crippen molar-refractivity contribution < 1.29 is 9.13 Å². The summed E-state index contributed by atoms with van der Waals surface area (Å²) in [7, 11) is 1.62. The van der Waals surface area contributed by atoms with E-state index in [1.807, 2.05) is 18.2 Å². The van der Waals surface area contributed by atoms with Crippen LogP contribution in [0, 0.1) is 5.82 Å². The van der Waals surface area contributed by atoms with E-state index >= 15 is 0 Å². The van der Waals surface area contributed by atoms with Crippen LogP contribution in [0.1, 0.15) is 17.3 Å². The van der Waals surface area contributed by atoms with Crippen LogP contribution in [0.3, 0.4) is 0 Å².